The molecule has 0 bridgehead atoms. The van der Waals surface area contributed by atoms with Gasteiger partial charge < -0.3 is 10.5 Å². The van der Waals surface area contributed by atoms with Gasteiger partial charge in [-0.15, -0.1) is 0 Å². The summed E-state index contributed by atoms with van der Waals surface area (Å²) in [7, 11) is 0. The molecule has 0 saturated carbocycles. The summed E-state index contributed by atoms with van der Waals surface area (Å²) in [4.78, 5) is 11.7. The monoisotopic (exact) mass is 253 g/mol. The van der Waals surface area contributed by atoms with Crippen LogP contribution in [0.2, 0.25) is 0 Å². The quantitative estimate of drug-likeness (QED) is 0.759. The molecule has 0 aliphatic heterocycles. The molecule has 0 aliphatic rings. The summed E-state index contributed by atoms with van der Waals surface area (Å²) in [5, 5.41) is 0. The first-order valence-corrected chi connectivity index (χ1v) is 6.05. The second-order valence-electron chi connectivity index (χ2n) is 4.78. The highest BCUT2D eigenvalue weighted by atomic mass is 19.1. The van der Waals surface area contributed by atoms with E-state index in [0.717, 1.165) is 5.56 Å². The standard InChI is InChI=1S/C14H20FNO2/c1-14(11-16,7-8-15)9-13(17)18-10-12-5-3-2-4-6-12/h2-6H,7-11,16H2,1H3. The van der Waals surface area contributed by atoms with Crippen molar-refractivity contribution in [2.45, 2.75) is 26.4 Å². The zero-order chi connectivity index (χ0) is 13.4. The van der Waals surface area contributed by atoms with Crippen LogP contribution in [0.4, 0.5) is 4.39 Å². The summed E-state index contributed by atoms with van der Waals surface area (Å²) in [6.45, 7) is 1.85. The number of ether oxygens (including phenoxy) is 1. The maximum Gasteiger partial charge on any atom is 0.306 e. The lowest BCUT2D eigenvalue weighted by molar-refractivity contribution is -0.147. The number of halogens is 1. The molecule has 0 heterocycles. The zero-order valence-electron chi connectivity index (χ0n) is 10.7. The van der Waals surface area contributed by atoms with E-state index in [9.17, 15) is 9.18 Å². The first-order valence-electron chi connectivity index (χ1n) is 6.05. The van der Waals surface area contributed by atoms with Crippen molar-refractivity contribution in [3.05, 3.63) is 35.9 Å². The summed E-state index contributed by atoms with van der Waals surface area (Å²) in [6.07, 6.45) is 0.435. The predicted octanol–water partition coefficient (Wildman–Crippen LogP) is 2.44. The fraction of sp³-hybridized carbons (Fsp3) is 0.500. The van der Waals surface area contributed by atoms with Gasteiger partial charge in [0.25, 0.3) is 0 Å². The van der Waals surface area contributed by atoms with Crippen LogP contribution < -0.4 is 5.73 Å². The first kappa shape index (κ1) is 14.6. The van der Waals surface area contributed by atoms with Gasteiger partial charge in [-0.1, -0.05) is 37.3 Å². The Morgan fingerprint density at radius 2 is 2.06 bits per heavy atom. The van der Waals surface area contributed by atoms with Gasteiger partial charge in [-0.2, -0.15) is 0 Å². The number of rotatable bonds is 7. The van der Waals surface area contributed by atoms with Crippen LogP contribution in [-0.2, 0) is 16.1 Å². The minimum absolute atomic E-state index is 0.153. The second kappa shape index (κ2) is 7.11. The summed E-state index contributed by atoms with van der Waals surface area (Å²) in [6, 6.07) is 9.44. The number of alkyl halides is 1. The lowest BCUT2D eigenvalue weighted by atomic mass is 9.84. The minimum atomic E-state index is -0.511. The van der Waals surface area contributed by atoms with E-state index in [1.165, 1.54) is 0 Å². The van der Waals surface area contributed by atoms with Crippen molar-refractivity contribution in [2.24, 2.45) is 11.1 Å². The second-order valence-corrected chi connectivity index (χ2v) is 4.78. The molecule has 0 amide bonds. The number of hydrogen-bond donors (Lipinski definition) is 1. The molecule has 0 radical (unpaired) electrons. The molecule has 0 spiro atoms. The fourth-order valence-corrected chi connectivity index (χ4v) is 1.63. The molecule has 1 atom stereocenters. The van der Waals surface area contributed by atoms with Gasteiger partial charge >= 0.3 is 5.97 Å². The molecular formula is C14H20FNO2. The topological polar surface area (TPSA) is 52.3 Å². The Kier molecular flexibility index (Phi) is 5.78. The Morgan fingerprint density at radius 1 is 1.39 bits per heavy atom. The molecule has 1 aromatic carbocycles. The van der Waals surface area contributed by atoms with E-state index in [1.807, 2.05) is 30.3 Å². The van der Waals surface area contributed by atoms with Crippen molar-refractivity contribution in [2.75, 3.05) is 13.2 Å². The molecule has 100 valence electrons. The van der Waals surface area contributed by atoms with Gasteiger partial charge in [0.05, 0.1) is 13.1 Å². The summed E-state index contributed by atoms with van der Waals surface area (Å²) < 4.78 is 17.5. The summed E-state index contributed by atoms with van der Waals surface area (Å²) in [5.41, 5.74) is 6.00. The van der Waals surface area contributed by atoms with Crippen LogP contribution in [-0.4, -0.2) is 19.2 Å². The van der Waals surface area contributed by atoms with Crippen molar-refractivity contribution in [1.82, 2.24) is 0 Å². The number of hydrogen-bond acceptors (Lipinski definition) is 3. The Bertz CT molecular complexity index is 369. The smallest absolute Gasteiger partial charge is 0.306 e. The normalized spacial score (nSPS) is 13.9. The predicted molar refractivity (Wildman–Crippen MR) is 68.6 cm³/mol. The van der Waals surface area contributed by atoms with Crippen LogP contribution in [0.25, 0.3) is 0 Å². The zero-order valence-corrected chi connectivity index (χ0v) is 10.7. The molecule has 4 heteroatoms. The van der Waals surface area contributed by atoms with E-state index in [1.54, 1.807) is 6.92 Å². The van der Waals surface area contributed by atoms with Gasteiger partial charge in [0, 0.05) is 0 Å². The van der Waals surface area contributed by atoms with E-state index >= 15 is 0 Å². The number of nitrogens with two attached hydrogens (primary N) is 1. The van der Waals surface area contributed by atoms with Gasteiger partial charge in [0.15, 0.2) is 0 Å². The van der Waals surface area contributed by atoms with Gasteiger partial charge in [0.2, 0.25) is 0 Å². The third kappa shape index (κ3) is 4.84. The van der Waals surface area contributed by atoms with Crippen LogP contribution >= 0.6 is 0 Å². The average molecular weight is 253 g/mol. The number of esters is 1. The molecule has 0 saturated heterocycles. The summed E-state index contributed by atoms with van der Waals surface area (Å²) >= 11 is 0. The molecule has 0 aliphatic carbocycles. The molecule has 1 aromatic rings. The lowest BCUT2D eigenvalue weighted by Crippen LogP contribution is -2.31. The maximum absolute atomic E-state index is 12.4. The van der Waals surface area contributed by atoms with E-state index in [0.29, 0.717) is 0 Å². The number of carbonyl (C=O) groups is 1. The van der Waals surface area contributed by atoms with E-state index in [2.05, 4.69) is 0 Å². The van der Waals surface area contributed by atoms with Crippen molar-refractivity contribution in [3.63, 3.8) is 0 Å². The Balaban J connectivity index is 2.41. The third-order valence-electron chi connectivity index (χ3n) is 3.00. The van der Waals surface area contributed by atoms with Gasteiger partial charge in [0.1, 0.15) is 6.61 Å². The first-order chi connectivity index (χ1) is 8.59. The minimum Gasteiger partial charge on any atom is -0.461 e. The van der Waals surface area contributed by atoms with Crippen molar-refractivity contribution in [1.29, 1.82) is 0 Å². The Labute approximate surface area is 107 Å². The fourth-order valence-electron chi connectivity index (χ4n) is 1.63. The molecule has 1 unspecified atom stereocenters. The molecular weight excluding hydrogens is 233 g/mol. The molecule has 2 N–H and O–H groups in total. The number of benzene rings is 1. The molecule has 3 nitrogen and oxygen atoms in total. The lowest BCUT2D eigenvalue weighted by Gasteiger charge is -2.25. The van der Waals surface area contributed by atoms with Gasteiger partial charge in [-0.25, -0.2) is 0 Å². The Hall–Kier alpha value is -1.42. The van der Waals surface area contributed by atoms with E-state index < -0.39 is 12.1 Å². The highest BCUT2D eigenvalue weighted by Gasteiger charge is 2.26. The maximum atomic E-state index is 12.4. The molecule has 0 fully saturated rings. The summed E-state index contributed by atoms with van der Waals surface area (Å²) in [5.74, 6) is -0.333. The molecule has 0 aromatic heterocycles. The Morgan fingerprint density at radius 3 is 2.61 bits per heavy atom. The highest BCUT2D eigenvalue weighted by Crippen LogP contribution is 2.25. The van der Waals surface area contributed by atoms with Gasteiger partial charge in [-0.05, 0) is 23.9 Å². The van der Waals surface area contributed by atoms with Crippen molar-refractivity contribution in [3.8, 4) is 0 Å². The third-order valence-corrected chi connectivity index (χ3v) is 3.00. The molecule has 1 rings (SSSR count). The van der Waals surface area contributed by atoms with Crippen LogP contribution in [0.15, 0.2) is 30.3 Å². The van der Waals surface area contributed by atoms with Crippen molar-refractivity contribution >= 4 is 5.97 Å². The highest BCUT2D eigenvalue weighted by molar-refractivity contribution is 5.70. The van der Waals surface area contributed by atoms with Crippen LogP contribution in [0.3, 0.4) is 0 Å². The number of carbonyl (C=O) groups excluding carboxylic acids is 1. The SMILES string of the molecule is CC(CN)(CCF)CC(=O)OCc1ccccc1. The van der Waals surface area contributed by atoms with Crippen molar-refractivity contribution < 1.29 is 13.9 Å². The van der Waals surface area contributed by atoms with Crippen LogP contribution in [0.1, 0.15) is 25.3 Å². The van der Waals surface area contributed by atoms with E-state index in [4.69, 9.17) is 10.5 Å². The average Bonchev–Trinajstić information content (AvgIpc) is 2.38. The largest absolute Gasteiger partial charge is 0.461 e. The molecule has 18 heavy (non-hydrogen) atoms. The van der Waals surface area contributed by atoms with Gasteiger partial charge in [-0.3, -0.25) is 9.18 Å². The van der Waals surface area contributed by atoms with Crippen LogP contribution in [0.5, 0.6) is 0 Å². The van der Waals surface area contributed by atoms with Crippen LogP contribution in [0, 0.1) is 5.41 Å². The van der Waals surface area contributed by atoms with E-state index in [-0.39, 0.29) is 32.0 Å².